The molecule has 2 aromatic heterocycles. The van der Waals surface area contributed by atoms with E-state index in [1.54, 1.807) is 17.4 Å². The summed E-state index contributed by atoms with van der Waals surface area (Å²) in [7, 11) is 0. The summed E-state index contributed by atoms with van der Waals surface area (Å²) in [4.78, 5) is 11.5. The number of fused-ring (bicyclic) bond motifs is 3. The van der Waals surface area contributed by atoms with Crippen molar-refractivity contribution >= 4 is 53.8 Å². The number of nitrogens with one attached hydrogen (secondary N) is 1. The summed E-state index contributed by atoms with van der Waals surface area (Å²) in [6, 6.07) is 9.92. The molecule has 1 aromatic carbocycles. The summed E-state index contributed by atoms with van der Waals surface area (Å²) < 4.78 is 2.07. The molecule has 2 heterocycles. The lowest BCUT2D eigenvalue weighted by molar-refractivity contribution is -0.115. The van der Waals surface area contributed by atoms with Crippen LogP contribution in [0, 0.1) is 22.7 Å². The zero-order valence-electron chi connectivity index (χ0n) is 10.1. The summed E-state index contributed by atoms with van der Waals surface area (Å²) in [5.74, 6) is -0.392. The summed E-state index contributed by atoms with van der Waals surface area (Å²) in [5.41, 5.74) is 0.472. The zero-order chi connectivity index (χ0) is 14.1. The Morgan fingerprint density at radius 2 is 2.05 bits per heavy atom. The topological polar surface area (TPSA) is 76.7 Å². The lowest BCUT2D eigenvalue weighted by Crippen LogP contribution is -2.09. The van der Waals surface area contributed by atoms with Crippen molar-refractivity contribution in [3.8, 4) is 12.1 Å². The molecule has 0 aliphatic rings. The van der Waals surface area contributed by atoms with E-state index in [4.69, 9.17) is 5.26 Å². The average Bonchev–Trinajstić information content (AvgIpc) is 3.01. The van der Waals surface area contributed by atoms with Crippen LogP contribution in [0.2, 0.25) is 0 Å². The second-order valence-corrected chi connectivity index (χ2v) is 6.07. The number of carbonyl (C=O) groups is 1. The van der Waals surface area contributed by atoms with Crippen molar-refractivity contribution in [2.45, 2.75) is 6.42 Å². The van der Waals surface area contributed by atoms with Crippen molar-refractivity contribution < 1.29 is 4.79 Å². The molecule has 96 valence electrons. The van der Waals surface area contributed by atoms with Gasteiger partial charge in [-0.3, -0.25) is 4.79 Å². The smallest absolute Gasteiger partial charge is 0.239 e. The van der Waals surface area contributed by atoms with Gasteiger partial charge in [0.1, 0.15) is 17.5 Å². The van der Waals surface area contributed by atoms with Crippen LogP contribution in [-0.2, 0) is 4.79 Å². The van der Waals surface area contributed by atoms with Crippen LogP contribution in [0.1, 0.15) is 12.0 Å². The van der Waals surface area contributed by atoms with E-state index < -0.39 is 5.91 Å². The van der Waals surface area contributed by atoms with Crippen LogP contribution in [0.25, 0.3) is 20.2 Å². The van der Waals surface area contributed by atoms with Crippen LogP contribution in [0.15, 0.2) is 23.6 Å². The third kappa shape index (κ3) is 1.92. The quantitative estimate of drug-likeness (QED) is 0.780. The van der Waals surface area contributed by atoms with Crippen LogP contribution in [-0.4, -0.2) is 5.91 Å². The Hall–Kier alpha value is -2.41. The number of thiophene rings is 2. The van der Waals surface area contributed by atoms with Crippen LogP contribution >= 0.6 is 22.7 Å². The third-order valence-corrected chi connectivity index (χ3v) is 4.84. The van der Waals surface area contributed by atoms with Crippen molar-refractivity contribution in [1.29, 1.82) is 10.5 Å². The van der Waals surface area contributed by atoms with Crippen LogP contribution in [0.4, 0.5) is 5.00 Å². The maximum Gasteiger partial charge on any atom is 0.239 e. The van der Waals surface area contributed by atoms with Crippen molar-refractivity contribution in [2.75, 3.05) is 5.32 Å². The second kappa shape index (κ2) is 4.93. The molecule has 1 N–H and O–H groups in total. The molecule has 20 heavy (non-hydrogen) atoms. The Balaban J connectivity index is 2.22. The second-order valence-electron chi connectivity index (χ2n) is 4.07. The Morgan fingerprint density at radius 3 is 2.80 bits per heavy atom. The summed E-state index contributed by atoms with van der Waals surface area (Å²) in [6.45, 7) is 0. The molecule has 3 rings (SSSR count). The molecule has 0 aliphatic heterocycles. The highest BCUT2D eigenvalue weighted by Crippen LogP contribution is 2.40. The molecular weight excluding hydrogens is 290 g/mol. The van der Waals surface area contributed by atoms with E-state index in [2.05, 4.69) is 11.4 Å². The van der Waals surface area contributed by atoms with Crippen molar-refractivity contribution in [3.63, 3.8) is 0 Å². The minimum atomic E-state index is -0.392. The molecule has 0 radical (unpaired) electrons. The number of nitriles is 2. The molecule has 0 spiro atoms. The Morgan fingerprint density at radius 1 is 1.25 bits per heavy atom. The molecule has 0 fully saturated rings. The zero-order valence-corrected chi connectivity index (χ0v) is 11.8. The number of anilines is 1. The highest BCUT2D eigenvalue weighted by atomic mass is 32.1. The summed E-state index contributed by atoms with van der Waals surface area (Å²) in [6.07, 6.45) is -0.215. The molecule has 1 amide bonds. The molecule has 0 saturated heterocycles. The number of benzene rings is 1. The van der Waals surface area contributed by atoms with Gasteiger partial charge in [0, 0.05) is 20.2 Å². The van der Waals surface area contributed by atoms with Gasteiger partial charge in [0.05, 0.1) is 11.6 Å². The normalized spacial score (nSPS) is 10.3. The summed E-state index contributed by atoms with van der Waals surface area (Å²) in [5, 5.41) is 25.0. The Labute approximate surface area is 122 Å². The van der Waals surface area contributed by atoms with E-state index in [-0.39, 0.29) is 6.42 Å². The van der Waals surface area contributed by atoms with E-state index in [1.807, 2.05) is 23.6 Å². The first kappa shape index (κ1) is 12.6. The van der Waals surface area contributed by atoms with Gasteiger partial charge in [0.25, 0.3) is 0 Å². The Bertz CT molecular complexity index is 908. The van der Waals surface area contributed by atoms with Gasteiger partial charge < -0.3 is 5.32 Å². The molecule has 0 atom stereocenters. The average molecular weight is 297 g/mol. The van der Waals surface area contributed by atoms with Crippen molar-refractivity contribution in [2.24, 2.45) is 0 Å². The molecular formula is C14H7N3OS2. The van der Waals surface area contributed by atoms with Gasteiger partial charge in [-0.15, -0.1) is 22.7 Å². The minimum Gasteiger partial charge on any atom is -0.316 e. The van der Waals surface area contributed by atoms with Gasteiger partial charge in [-0.2, -0.15) is 10.5 Å². The van der Waals surface area contributed by atoms with Crippen LogP contribution < -0.4 is 5.32 Å². The van der Waals surface area contributed by atoms with Gasteiger partial charge in [0.15, 0.2) is 0 Å². The third-order valence-electron chi connectivity index (χ3n) is 2.89. The molecule has 0 saturated carbocycles. The largest absolute Gasteiger partial charge is 0.316 e. The lowest BCUT2D eigenvalue weighted by Gasteiger charge is -1.98. The van der Waals surface area contributed by atoms with Gasteiger partial charge in [-0.05, 0) is 23.6 Å². The summed E-state index contributed by atoms with van der Waals surface area (Å²) >= 11 is 2.98. The van der Waals surface area contributed by atoms with Crippen molar-refractivity contribution in [1.82, 2.24) is 0 Å². The van der Waals surface area contributed by atoms with Gasteiger partial charge in [0.2, 0.25) is 5.91 Å². The lowest BCUT2D eigenvalue weighted by atomic mass is 10.1. The van der Waals surface area contributed by atoms with Crippen LogP contribution in [0.3, 0.4) is 0 Å². The number of amides is 1. The fourth-order valence-electron chi connectivity index (χ4n) is 2.08. The molecule has 0 aliphatic carbocycles. The number of hydrogen-bond donors (Lipinski definition) is 1. The number of carbonyl (C=O) groups excluding carboxylic acids is 1. The predicted molar refractivity (Wildman–Crippen MR) is 80.8 cm³/mol. The number of hydrogen-bond acceptors (Lipinski definition) is 5. The molecule has 6 heteroatoms. The van der Waals surface area contributed by atoms with E-state index in [0.29, 0.717) is 10.6 Å². The first-order chi connectivity index (χ1) is 9.74. The first-order valence-corrected chi connectivity index (χ1v) is 7.44. The highest BCUT2D eigenvalue weighted by molar-refractivity contribution is 7.24. The standard InChI is InChI=1S/C14H7N3OS2/c15-5-3-12(18)17-14-9(7-16)13-8-4-6-19-10(8)1-2-11(13)20-14/h1-2,4,6H,3H2,(H,17,18). The van der Waals surface area contributed by atoms with Crippen LogP contribution in [0.5, 0.6) is 0 Å². The van der Waals surface area contributed by atoms with Gasteiger partial charge >= 0.3 is 0 Å². The predicted octanol–water partition coefficient (Wildman–Crippen LogP) is 3.84. The van der Waals surface area contributed by atoms with E-state index in [1.165, 1.54) is 11.3 Å². The molecule has 0 unspecified atom stereocenters. The number of nitrogens with zero attached hydrogens (tertiary/aromatic N) is 2. The van der Waals surface area contributed by atoms with Gasteiger partial charge in [-0.25, -0.2) is 0 Å². The fraction of sp³-hybridized carbons (Fsp3) is 0.0714. The van der Waals surface area contributed by atoms with E-state index in [9.17, 15) is 10.1 Å². The molecule has 0 bridgehead atoms. The fourth-order valence-corrected chi connectivity index (χ4v) is 3.96. The maximum atomic E-state index is 11.5. The van der Waals surface area contributed by atoms with Crippen molar-refractivity contribution in [3.05, 3.63) is 29.1 Å². The maximum absolute atomic E-state index is 11.5. The Kier molecular flexibility index (Phi) is 3.11. The minimum absolute atomic E-state index is 0.215. The molecule has 3 aromatic rings. The monoisotopic (exact) mass is 297 g/mol. The highest BCUT2D eigenvalue weighted by Gasteiger charge is 2.16. The number of rotatable bonds is 2. The van der Waals surface area contributed by atoms with Gasteiger partial charge in [-0.1, -0.05) is 0 Å². The first-order valence-electron chi connectivity index (χ1n) is 5.74. The van der Waals surface area contributed by atoms with E-state index in [0.717, 1.165) is 20.2 Å². The van der Waals surface area contributed by atoms with E-state index >= 15 is 0 Å². The molecule has 4 nitrogen and oxygen atoms in total. The SMILES string of the molecule is N#CCC(=O)Nc1sc2ccc3sccc3c2c1C#N.